The zero-order valence-corrected chi connectivity index (χ0v) is 15.4. The van der Waals surface area contributed by atoms with Crippen LogP contribution in [0.3, 0.4) is 0 Å². The Morgan fingerprint density at radius 2 is 1.61 bits per heavy atom. The van der Waals surface area contributed by atoms with Gasteiger partial charge >= 0.3 is 0 Å². The minimum atomic E-state index is 0.209. The van der Waals surface area contributed by atoms with E-state index in [1.54, 1.807) is 0 Å². The van der Waals surface area contributed by atoms with E-state index < -0.39 is 0 Å². The van der Waals surface area contributed by atoms with E-state index in [1.165, 1.54) is 25.8 Å². The molecule has 5 heteroatoms. The van der Waals surface area contributed by atoms with Crippen LogP contribution in [0.2, 0.25) is 0 Å². The van der Waals surface area contributed by atoms with Crippen LogP contribution in [0.4, 0.5) is 0 Å². The van der Waals surface area contributed by atoms with Crippen LogP contribution in [0.25, 0.3) is 0 Å². The Kier molecular flexibility index (Phi) is 7.31. The zero-order valence-electron chi connectivity index (χ0n) is 15.4. The third-order valence-corrected chi connectivity index (χ3v) is 5.72. The number of nitrogens with one attached hydrogen (secondary N) is 1. The molecule has 1 N–H and O–H groups in total. The summed E-state index contributed by atoms with van der Waals surface area (Å²) in [5.74, 6) is 0.322. The fraction of sp³-hybridized carbons (Fsp3) is 0.944. The summed E-state index contributed by atoms with van der Waals surface area (Å²) in [4.78, 5) is 19.5. The summed E-state index contributed by atoms with van der Waals surface area (Å²) in [6.45, 7) is 12.5. The van der Waals surface area contributed by atoms with Crippen molar-refractivity contribution in [3.63, 3.8) is 0 Å². The minimum Gasteiger partial charge on any atom is -0.341 e. The van der Waals surface area contributed by atoms with Crippen LogP contribution in [-0.4, -0.2) is 85.6 Å². The van der Waals surface area contributed by atoms with Gasteiger partial charge in [0, 0.05) is 44.8 Å². The molecule has 0 aromatic carbocycles. The van der Waals surface area contributed by atoms with Crippen molar-refractivity contribution in [2.75, 3.05) is 59.4 Å². The first-order chi connectivity index (χ1) is 11.1. The van der Waals surface area contributed by atoms with Gasteiger partial charge in [-0.1, -0.05) is 19.8 Å². The summed E-state index contributed by atoms with van der Waals surface area (Å²) in [7, 11) is 2.03. The third-order valence-electron chi connectivity index (χ3n) is 5.72. The Morgan fingerprint density at radius 1 is 1.00 bits per heavy atom. The Balaban J connectivity index is 1.65. The second-order valence-electron chi connectivity index (χ2n) is 7.52. The summed E-state index contributed by atoms with van der Waals surface area (Å²) in [5.41, 5.74) is 0.209. The van der Waals surface area contributed by atoms with Crippen molar-refractivity contribution >= 4 is 5.91 Å². The summed E-state index contributed by atoms with van der Waals surface area (Å²) >= 11 is 0. The molecule has 0 radical (unpaired) electrons. The molecule has 0 atom stereocenters. The van der Waals surface area contributed by atoms with Gasteiger partial charge in [-0.2, -0.15) is 0 Å². The highest BCUT2D eigenvalue weighted by Crippen LogP contribution is 2.21. The highest BCUT2D eigenvalue weighted by molar-refractivity contribution is 5.78. The van der Waals surface area contributed by atoms with E-state index in [9.17, 15) is 4.79 Å². The number of piperazine rings is 1. The molecule has 0 spiro atoms. The van der Waals surface area contributed by atoms with Crippen LogP contribution >= 0.6 is 0 Å². The van der Waals surface area contributed by atoms with Crippen molar-refractivity contribution in [1.82, 2.24) is 20.0 Å². The van der Waals surface area contributed by atoms with Crippen molar-refractivity contribution in [2.45, 2.75) is 51.5 Å². The Bertz CT molecular complexity index is 358. The lowest BCUT2D eigenvalue weighted by molar-refractivity contribution is -0.134. The van der Waals surface area contributed by atoms with Crippen molar-refractivity contribution in [2.24, 2.45) is 0 Å². The monoisotopic (exact) mass is 324 g/mol. The lowest BCUT2D eigenvalue weighted by atomic mass is 9.90. The van der Waals surface area contributed by atoms with Crippen LogP contribution in [-0.2, 0) is 4.79 Å². The predicted molar refractivity (Wildman–Crippen MR) is 95.7 cm³/mol. The number of rotatable bonds is 7. The second kappa shape index (κ2) is 9.00. The predicted octanol–water partition coefficient (Wildman–Crippen LogP) is 1.39. The van der Waals surface area contributed by atoms with Crippen molar-refractivity contribution in [1.29, 1.82) is 0 Å². The van der Waals surface area contributed by atoms with Crippen LogP contribution in [0, 0.1) is 0 Å². The summed E-state index contributed by atoms with van der Waals surface area (Å²) in [6.07, 6.45) is 6.05. The minimum absolute atomic E-state index is 0.209. The zero-order chi connectivity index (χ0) is 16.7. The maximum absolute atomic E-state index is 12.5. The Labute approximate surface area is 142 Å². The molecular formula is C18H36N4O. The molecule has 5 nitrogen and oxygen atoms in total. The highest BCUT2D eigenvalue weighted by Gasteiger charge is 2.31. The highest BCUT2D eigenvalue weighted by atomic mass is 16.2. The Morgan fingerprint density at radius 3 is 2.17 bits per heavy atom. The normalized spacial score (nSPS) is 23.2. The third kappa shape index (κ3) is 5.73. The number of amides is 1. The number of piperidine rings is 1. The quantitative estimate of drug-likeness (QED) is 0.719. The van der Waals surface area contributed by atoms with E-state index in [-0.39, 0.29) is 5.54 Å². The lowest BCUT2D eigenvalue weighted by Crippen LogP contribution is -2.54. The van der Waals surface area contributed by atoms with Crippen molar-refractivity contribution < 1.29 is 4.79 Å². The molecule has 0 aromatic rings. The van der Waals surface area contributed by atoms with Gasteiger partial charge in [0.15, 0.2) is 0 Å². The molecule has 2 rings (SSSR count). The number of carbonyl (C=O) groups excluding carboxylic acids is 1. The fourth-order valence-corrected chi connectivity index (χ4v) is 3.55. The molecule has 134 valence electrons. The van der Waals surface area contributed by atoms with E-state index in [0.29, 0.717) is 12.5 Å². The molecule has 0 aromatic heterocycles. The van der Waals surface area contributed by atoms with Crippen molar-refractivity contribution in [3.05, 3.63) is 0 Å². The van der Waals surface area contributed by atoms with Gasteiger partial charge in [-0.25, -0.2) is 0 Å². The largest absolute Gasteiger partial charge is 0.341 e. The first-order valence-electron chi connectivity index (χ1n) is 9.48. The summed E-state index contributed by atoms with van der Waals surface area (Å²) < 4.78 is 0. The summed E-state index contributed by atoms with van der Waals surface area (Å²) in [5, 5.41) is 3.39. The number of unbranched alkanes of at least 4 members (excludes halogenated alkanes) is 2. The molecule has 2 aliphatic heterocycles. The second-order valence-corrected chi connectivity index (χ2v) is 7.52. The van der Waals surface area contributed by atoms with Crippen LogP contribution in [0.1, 0.15) is 46.0 Å². The van der Waals surface area contributed by atoms with Gasteiger partial charge in [0.25, 0.3) is 0 Å². The van der Waals surface area contributed by atoms with E-state index in [0.717, 1.165) is 52.1 Å². The summed E-state index contributed by atoms with van der Waals surface area (Å²) in [6, 6.07) is 0. The topological polar surface area (TPSA) is 38.8 Å². The molecule has 2 saturated heterocycles. The average molecular weight is 325 g/mol. The fourth-order valence-electron chi connectivity index (χ4n) is 3.55. The molecule has 1 amide bonds. The molecule has 0 saturated carbocycles. The van der Waals surface area contributed by atoms with Gasteiger partial charge in [-0.3, -0.25) is 9.69 Å². The number of hydrogen-bond donors (Lipinski definition) is 1. The number of hydrogen-bond acceptors (Lipinski definition) is 4. The number of carbonyl (C=O) groups is 1. The maximum atomic E-state index is 12.5. The molecule has 2 heterocycles. The van der Waals surface area contributed by atoms with E-state index in [2.05, 4.69) is 33.9 Å². The standard InChI is InChI=1S/C18H36N4O/c1-4-5-6-9-20-12-14-21(15-13-20)16-17(23)22-10-7-18(2,19-3)8-11-22/h19H,4-16H2,1-3H3. The maximum Gasteiger partial charge on any atom is 0.236 e. The first-order valence-corrected chi connectivity index (χ1v) is 9.48. The van der Waals surface area contributed by atoms with Crippen LogP contribution in [0.5, 0.6) is 0 Å². The SMILES string of the molecule is CCCCCN1CCN(CC(=O)N2CCC(C)(NC)CC2)CC1. The molecule has 0 unspecified atom stereocenters. The molecule has 0 bridgehead atoms. The van der Waals surface area contributed by atoms with Crippen LogP contribution in [0.15, 0.2) is 0 Å². The smallest absolute Gasteiger partial charge is 0.236 e. The van der Waals surface area contributed by atoms with Crippen molar-refractivity contribution in [3.8, 4) is 0 Å². The van der Waals surface area contributed by atoms with Gasteiger partial charge < -0.3 is 15.1 Å². The molecular weight excluding hydrogens is 288 g/mol. The van der Waals surface area contributed by atoms with E-state index in [4.69, 9.17) is 0 Å². The van der Waals surface area contributed by atoms with E-state index >= 15 is 0 Å². The van der Waals surface area contributed by atoms with Crippen LogP contribution < -0.4 is 5.32 Å². The van der Waals surface area contributed by atoms with Gasteiger partial charge in [0.2, 0.25) is 5.91 Å². The molecule has 0 aliphatic carbocycles. The molecule has 23 heavy (non-hydrogen) atoms. The lowest BCUT2D eigenvalue weighted by Gasteiger charge is -2.40. The number of likely N-dealkylation sites (tertiary alicyclic amines) is 1. The van der Waals surface area contributed by atoms with Gasteiger partial charge in [0.05, 0.1) is 6.54 Å². The first kappa shape index (κ1) is 18.7. The molecule has 2 fully saturated rings. The van der Waals surface area contributed by atoms with E-state index in [1.807, 2.05) is 7.05 Å². The number of nitrogens with zero attached hydrogens (tertiary/aromatic N) is 3. The van der Waals surface area contributed by atoms with Gasteiger partial charge in [-0.15, -0.1) is 0 Å². The van der Waals surface area contributed by atoms with Gasteiger partial charge in [-0.05, 0) is 39.8 Å². The Hall–Kier alpha value is -0.650. The van der Waals surface area contributed by atoms with Gasteiger partial charge in [0.1, 0.15) is 0 Å². The average Bonchev–Trinajstić information content (AvgIpc) is 2.57. The molecule has 2 aliphatic rings.